The lowest BCUT2D eigenvalue weighted by Crippen LogP contribution is -2.48. The fraction of sp³-hybridized carbons (Fsp3) is 0.429. The van der Waals surface area contributed by atoms with Crippen LogP contribution in [0.3, 0.4) is 0 Å². The summed E-state index contributed by atoms with van der Waals surface area (Å²) in [6.45, 7) is 5.11. The quantitative estimate of drug-likeness (QED) is 0.722. The Labute approximate surface area is 171 Å². The van der Waals surface area contributed by atoms with Crippen LogP contribution in [0, 0.1) is 0 Å². The largest absolute Gasteiger partial charge is 0.493 e. The van der Waals surface area contributed by atoms with Gasteiger partial charge in [-0.05, 0) is 24.3 Å². The van der Waals surface area contributed by atoms with Crippen molar-refractivity contribution in [3.8, 4) is 17.2 Å². The molecule has 1 aliphatic rings. The SMILES string of the molecule is COc1cc(C(=O)NCCN2CCN(c3ccccn3)CC2)cc(OC)c1OC. The maximum atomic E-state index is 12.6. The molecule has 0 bridgehead atoms. The zero-order chi connectivity index (χ0) is 20.6. The molecule has 0 unspecified atom stereocenters. The van der Waals surface area contributed by atoms with Gasteiger partial charge in [-0.2, -0.15) is 0 Å². The molecule has 0 radical (unpaired) electrons. The van der Waals surface area contributed by atoms with Gasteiger partial charge in [0.2, 0.25) is 5.75 Å². The lowest BCUT2D eigenvalue weighted by atomic mass is 10.1. The Balaban J connectivity index is 1.49. The predicted octanol–water partition coefficient (Wildman–Crippen LogP) is 1.66. The second kappa shape index (κ2) is 9.97. The van der Waals surface area contributed by atoms with Crippen molar-refractivity contribution >= 4 is 11.7 Å². The van der Waals surface area contributed by atoms with Crippen molar-refractivity contribution < 1.29 is 19.0 Å². The van der Waals surface area contributed by atoms with Gasteiger partial charge in [-0.25, -0.2) is 4.98 Å². The number of aromatic nitrogens is 1. The van der Waals surface area contributed by atoms with E-state index >= 15 is 0 Å². The average Bonchev–Trinajstić information content (AvgIpc) is 2.78. The van der Waals surface area contributed by atoms with Crippen molar-refractivity contribution in [3.63, 3.8) is 0 Å². The molecule has 0 aliphatic carbocycles. The molecule has 1 aromatic carbocycles. The first-order valence-corrected chi connectivity index (χ1v) is 9.62. The van der Waals surface area contributed by atoms with Crippen molar-refractivity contribution in [2.45, 2.75) is 0 Å². The van der Waals surface area contributed by atoms with E-state index < -0.39 is 0 Å². The molecular weight excluding hydrogens is 372 g/mol. The molecule has 0 spiro atoms. The summed E-state index contributed by atoms with van der Waals surface area (Å²) >= 11 is 0. The third-order valence-corrected chi connectivity index (χ3v) is 4.99. The number of hydrogen-bond acceptors (Lipinski definition) is 7. The van der Waals surface area contributed by atoms with Gasteiger partial charge in [0.15, 0.2) is 11.5 Å². The van der Waals surface area contributed by atoms with Crippen molar-refractivity contribution in [2.24, 2.45) is 0 Å². The minimum Gasteiger partial charge on any atom is -0.493 e. The molecule has 2 heterocycles. The van der Waals surface area contributed by atoms with Crippen LogP contribution in [0.4, 0.5) is 5.82 Å². The number of nitrogens with one attached hydrogen (secondary N) is 1. The van der Waals surface area contributed by atoms with Crippen LogP contribution in [0.5, 0.6) is 17.2 Å². The Bertz CT molecular complexity index is 783. The molecule has 8 nitrogen and oxygen atoms in total. The molecule has 0 saturated carbocycles. The number of carbonyl (C=O) groups is 1. The predicted molar refractivity (Wildman–Crippen MR) is 111 cm³/mol. The van der Waals surface area contributed by atoms with E-state index in [1.807, 2.05) is 24.4 Å². The minimum atomic E-state index is -0.170. The van der Waals surface area contributed by atoms with E-state index in [1.165, 1.54) is 21.3 Å². The monoisotopic (exact) mass is 400 g/mol. The molecule has 3 rings (SSSR count). The van der Waals surface area contributed by atoms with Gasteiger partial charge in [-0.1, -0.05) is 6.07 Å². The fourth-order valence-corrected chi connectivity index (χ4v) is 3.38. The van der Waals surface area contributed by atoms with Gasteiger partial charge in [0, 0.05) is 51.0 Å². The highest BCUT2D eigenvalue weighted by Gasteiger charge is 2.19. The summed E-state index contributed by atoms with van der Waals surface area (Å²) < 4.78 is 15.9. The normalized spacial score (nSPS) is 14.4. The van der Waals surface area contributed by atoms with E-state index in [4.69, 9.17) is 14.2 Å². The summed E-state index contributed by atoms with van der Waals surface area (Å²) in [6, 6.07) is 9.28. The Morgan fingerprint density at radius 2 is 1.72 bits per heavy atom. The maximum absolute atomic E-state index is 12.6. The number of amides is 1. The van der Waals surface area contributed by atoms with E-state index in [9.17, 15) is 4.79 Å². The smallest absolute Gasteiger partial charge is 0.251 e. The highest BCUT2D eigenvalue weighted by atomic mass is 16.5. The number of hydrogen-bond donors (Lipinski definition) is 1. The standard InChI is InChI=1S/C21H28N4O4/c1-27-17-14-16(15-18(28-2)20(17)29-3)21(26)23-8-9-24-10-12-25(13-11-24)19-6-4-5-7-22-19/h4-7,14-15H,8-13H2,1-3H3,(H,23,26). The van der Waals surface area contributed by atoms with Gasteiger partial charge < -0.3 is 24.4 Å². The summed E-state index contributed by atoms with van der Waals surface area (Å²) in [6.07, 6.45) is 1.82. The van der Waals surface area contributed by atoms with E-state index in [0.717, 1.165) is 38.5 Å². The lowest BCUT2D eigenvalue weighted by Gasteiger charge is -2.35. The summed E-state index contributed by atoms with van der Waals surface area (Å²) in [5.74, 6) is 2.24. The fourth-order valence-electron chi connectivity index (χ4n) is 3.38. The summed E-state index contributed by atoms with van der Waals surface area (Å²) in [5.41, 5.74) is 0.472. The Kier molecular flexibility index (Phi) is 7.13. The van der Waals surface area contributed by atoms with E-state index in [1.54, 1.807) is 12.1 Å². The van der Waals surface area contributed by atoms with Gasteiger partial charge in [-0.15, -0.1) is 0 Å². The van der Waals surface area contributed by atoms with Crippen LogP contribution in [0.2, 0.25) is 0 Å². The van der Waals surface area contributed by atoms with Gasteiger partial charge in [0.1, 0.15) is 5.82 Å². The van der Waals surface area contributed by atoms with Crippen LogP contribution in [0.25, 0.3) is 0 Å². The second-order valence-corrected chi connectivity index (χ2v) is 6.69. The Morgan fingerprint density at radius 1 is 1.03 bits per heavy atom. The maximum Gasteiger partial charge on any atom is 0.251 e. The first-order chi connectivity index (χ1) is 14.2. The lowest BCUT2D eigenvalue weighted by molar-refractivity contribution is 0.0947. The van der Waals surface area contributed by atoms with Crippen molar-refractivity contribution in [2.75, 3.05) is 65.5 Å². The number of anilines is 1. The second-order valence-electron chi connectivity index (χ2n) is 6.69. The van der Waals surface area contributed by atoms with Crippen LogP contribution < -0.4 is 24.4 Å². The first kappa shape index (κ1) is 20.7. The number of piperazine rings is 1. The van der Waals surface area contributed by atoms with Gasteiger partial charge in [-0.3, -0.25) is 9.69 Å². The number of benzene rings is 1. The zero-order valence-electron chi connectivity index (χ0n) is 17.2. The molecule has 1 amide bonds. The highest BCUT2D eigenvalue weighted by Crippen LogP contribution is 2.38. The van der Waals surface area contributed by atoms with Gasteiger partial charge in [0.25, 0.3) is 5.91 Å². The van der Waals surface area contributed by atoms with Crippen molar-refractivity contribution in [1.82, 2.24) is 15.2 Å². The third-order valence-electron chi connectivity index (χ3n) is 4.99. The molecule has 8 heteroatoms. The van der Waals surface area contributed by atoms with Gasteiger partial charge >= 0.3 is 0 Å². The number of carbonyl (C=O) groups excluding carboxylic acids is 1. The summed E-state index contributed by atoms with van der Waals surface area (Å²) in [5, 5.41) is 2.97. The molecule has 1 saturated heterocycles. The molecule has 1 fully saturated rings. The Hall–Kier alpha value is -3.00. The molecule has 29 heavy (non-hydrogen) atoms. The van der Waals surface area contributed by atoms with Crippen molar-refractivity contribution in [1.29, 1.82) is 0 Å². The van der Waals surface area contributed by atoms with E-state index in [-0.39, 0.29) is 5.91 Å². The third kappa shape index (κ3) is 5.08. The molecule has 0 atom stereocenters. The molecular formula is C21H28N4O4. The van der Waals surface area contributed by atoms with Crippen LogP contribution in [0.15, 0.2) is 36.5 Å². The Morgan fingerprint density at radius 3 is 2.28 bits per heavy atom. The molecule has 2 aromatic rings. The minimum absolute atomic E-state index is 0.170. The van der Waals surface area contributed by atoms with E-state index in [0.29, 0.717) is 29.4 Å². The molecule has 1 aromatic heterocycles. The number of pyridine rings is 1. The number of ether oxygens (including phenoxy) is 3. The zero-order valence-corrected chi connectivity index (χ0v) is 17.2. The molecule has 1 aliphatic heterocycles. The average molecular weight is 400 g/mol. The number of nitrogens with zero attached hydrogens (tertiary/aromatic N) is 3. The van der Waals surface area contributed by atoms with Crippen molar-refractivity contribution in [3.05, 3.63) is 42.1 Å². The topological polar surface area (TPSA) is 76.2 Å². The van der Waals surface area contributed by atoms with Crippen LogP contribution in [0.1, 0.15) is 10.4 Å². The summed E-state index contributed by atoms with van der Waals surface area (Å²) in [4.78, 5) is 21.6. The molecule has 156 valence electrons. The summed E-state index contributed by atoms with van der Waals surface area (Å²) in [7, 11) is 4.60. The van der Waals surface area contributed by atoms with E-state index in [2.05, 4.69) is 20.1 Å². The number of rotatable bonds is 8. The van der Waals surface area contributed by atoms with Crippen LogP contribution >= 0.6 is 0 Å². The molecule has 1 N–H and O–H groups in total. The van der Waals surface area contributed by atoms with Crippen LogP contribution in [-0.4, -0.2) is 76.4 Å². The van der Waals surface area contributed by atoms with Crippen LogP contribution in [-0.2, 0) is 0 Å². The first-order valence-electron chi connectivity index (χ1n) is 9.62. The highest BCUT2D eigenvalue weighted by molar-refractivity contribution is 5.95. The van der Waals surface area contributed by atoms with Gasteiger partial charge in [0.05, 0.1) is 21.3 Å². The number of methoxy groups -OCH3 is 3.